The van der Waals surface area contributed by atoms with Crippen molar-refractivity contribution in [3.05, 3.63) is 113 Å². The minimum Gasteiger partial charge on any atom is -0.457 e. The highest BCUT2D eigenvalue weighted by Gasteiger charge is 2.17. The summed E-state index contributed by atoms with van der Waals surface area (Å²) in [5, 5.41) is 13.4. The Morgan fingerprint density at radius 3 is 2.50 bits per heavy atom. The second-order valence-electron chi connectivity index (χ2n) is 7.92. The van der Waals surface area contributed by atoms with E-state index in [0.717, 1.165) is 27.0 Å². The van der Waals surface area contributed by atoms with Crippen molar-refractivity contribution in [2.45, 2.75) is 5.16 Å². The Labute approximate surface area is 231 Å². The summed E-state index contributed by atoms with van der Waals surface area (Å²) in [4.78, 5) is 16.6. The normalized spacial score (nSPS) is 11.0. The quantitative estimate of drug-likeness (QED) is 0.127. The number of hydrazone groups is 1. The molecule has 0 bridgehead atoms. The van der Waals surface area contributed by atoms with E-state index in [1.807, 2.05) is 95.6 Å². The number of benzene rings is 3. The van der Waals surface area contributed by atoms with E-state index < -0.39 is 0 Å². The van der Waals surface area contributed by atoms with Gasteiger partial charge in [-0.05, 0) is 66.2 Å². The van der Waals surface area contributed by atoms with Crippen LogP contribution < -0.4 is 10.2 Å². The Morgan fingerprint density at radius 2 is 1.71 bits per heavy atom. The number of hydrogen-bond donors (Lipinski definition) is 1. The molecule has 0 saturated carbocycles. The summed E-state index contributed by atoms with van der Waals surface area (Å²) in [6, 6.07) is 28.5. The van der Waals surface area contributed by atoms with Crippen LogP contribution in [0.15, 0.2) is 118 Å². The molecule has 1 amide bonds. The van der Waals surface area contributed by atoms with Crippen LogP contribution in [0, 0.1) is 0 Å². The third-order valence-corrected chi connectivity index (χ3v) is 6.69. The molecule has 2 aromatic heterocycles. The lowest BCUT2D eigenvalue weighted by molar-refractivity contribution is -0.118. The zero-order valence-electron chi connectivity index (χ0n) is 19.9. The van der Waals surface area contributed by atoms with E-state index in [-0.39, 0.29) is 11.7 Å². The number of thioether (sulfide) groups is 1. The lowest BCUT2D eigenvalue weighted by Crippen LogP contribution is -2.20. The molecule has 0 spiro atoms. The first-order chi connectivity index (χ1) is 18.7. The second kappa shape index (κ2) is 12.3. The van der Waals surface area contributed by atoms with E-state index in [1.165, 1.54) is 11.8 Å². The fourth-order valence-electron chi connectivity index (χ4n) is 3.50. The fraction of sp³-hybridized carbons (Fsp3) is 0.0357. The Morgan fingerprint density at radius 1 is 0.947 bits per heavy atom. The molecule has 3 aromatic carbocycles. The van der Waals surface area contributed by atoms with Crippen LogP contribution in [0.5, 0.6) is 11.5 Å². The fourth-order valence-corrected chi connectivity index (χ4v) is 4.51. The Kier molecular flexibility index (Phi) is 8.22. The van der Waals surface area contributed by atoms with Crippen molar-refractivity contribution in [3.8, 4) is 28.6 Å². The van der Waals surface area contributed by atoms with E-state index in [1.54, 1.807) is 18.6 Å². The van der Waals surface area contributed by atoms with Gasteiger partial charge in [-0.25, -0.2) is 5.43 Å². The van der Waals surface area contributed by atoms with Gasteiger partial charge in [0.1, 0.15) is 11.5 Å². The number of carbonyl (C=O) groups is 1. The first-order valence-electron chi connectivity index (χ1n) is 11.6. The summed E-state index contributed by atoms with van der Waals surface area (Å²) in [6.45, 7) is 0. The molecule has 0 aliphatic carbocycles. The second-order valence-corrected chi connectivity index (χ2v) is 9.78. The lowest BCUT2D eigenvalue weighted by Gasteiger charge is -2.10. The van der Waals surface area contributed by atoms with E-state index in [9.17, 15) is 4.79 Å². The van der Waals surface area contributed by atoms with Gasteiger partial charge < -0.3 is 4.74 Å². The van der Waals surface area contributed by atoms with Gasteiger partial charge in [0.05, 0.1) is 12.0 Å². The van der Waals surface area contributed by atoms with Crippen molar-refractivity contribution in [1.82, 2.24) is 25.2 Å². The maximum atomic E-state index is 12.5. The van der Waals surface area contributed by atoms with Crippen LogP contribution in [0.2, 0.25) is 0 Å². The summed E-state index contributed by atoms with van der Waals surface area (Å²) in [5.74, 6) is 1.93. The number of hydrogen-bond acceptors (Lipinski definition) is 7. The van der Waals surface area contributed by atoms with Crippen molar-refractivity contribution >= 4 is 39.8 Å². The lowest BCUT2D eigenvalue weighted by atomic mass is 10.2. The number of carbonyl (C=O) groups excluding carboxylic acids is 1. The van der Waals surface area contributed by atoms with Gasteiger partial charge in [-0.3, -0.25) is 14.3 Å². The summed E-state index contributed by atoms with van der Waals surface area (Å²) < 4.78 is 8.73. The molecule has 5 rings (SSSR count). The maximum Gasteiger partial charge on any atom is 0.250 e. The van der Waals surface area contributed by atoms with Gasteiger partial charge in [0.2, 0.25) is 0 Å². The molecule has 0 radical (unpaired) electrons. The Bertz CT molecular complexity index is 1540. The van der Waals surface area contributed by atoms with Crippen LogP contribution >= 0.6 is 27.7 Å². The Hall–Kier alpha value is -4.28. The molecule has 0 saturated heterocycles. The van der Waals surface area contributed by atoms with Gasteiger partial charge >= 0.3 is 0 Å². The summed E-state index contributed by atoms with van der Waals surface area (Å²) in [5.41, 5.74) is 5.12. The maximum absolute atomic E-state index is 12.5. The third-order valence-electron chi connectivity index (χ3n) is 5.23. The number of halogens is 1. The topological polar surface area (TPSA) is 94.3 Å². The number of nitrogens with one attached hydrogen (secondary N) is 1. The van der Waals surface area contributed by atoms with Gasteiger partial charge in [-0.1, -0.05) is 58.0 Å². The van der Waals surface area contributed by atoms with Crippen LogP contribution in [0.3, 0.4) is 0 Å². The Balaban J connectivity index is 1.24. The number of nitrogens with zero attached hydrogens (tertiary/aromatic N) is 5. The minimum absolute atomic E-state index is 0.111. The molecule has 0 aliphatic rings. The van der Waals surface area contributed by atoms with E-state index in [2.05, 4.69) is 41.6 Å². The predicted octanol–water partition coefficient (Wildman–Crippen LogP) is 6.13. The SMILES string of the molecule is O=C(CSc1nnc(-c2ccncc2)n1-c1ccc(Br)cc1)NN=Cc1cccc(Oc2ccccc2)c1. The number of rotatable bonds is 9. The molecule has 10 heteroatoms. The summed E-state index contributed by atoms with van der Waals surface area (Å²) >= 11 is 4.75. The number of para-hydroxylation sites is 1. The molecule has 8 nitrogen and oxygen atoms in total. The van der Waals surface area contributed by atoms with Gasteiger partial charge in [0.25, 0.3) is 5.91 Å². The number of ether oxygens (including phenoxy) is 1. The highest BCUT2D eigenvalue weighted by molar-refractivity contribution is 9.10. The van der Waals surface area contributed by atoms with E-state index in [0.29, 0.717) is 16.7 Å². The van der Waals surface area contributed by atoms with Crippen molar-refractivity contribution in [1.29, 1.82) is 0 Å². The van der Waals surface area contributed by atoms with Crippen molar-refractivity contribution in [3.63, 3.8) is 0 Å². The van der Waals surface area contributed by atoms with Crippen LogP contribution in [-0.2, 0) is 4.79 Å². The molecular weight excluding hydrogens is 564 g/mol. The molecule has 2 heterocycles. The van der Waals surface area contributed by atoms with Crippen LogP contribution in [0.25, 0.3) is 17.1 Å². The molecule has 0 unspecified atom stereocenters. The average Bonchev–Trinajstić information content (AvgIpc) is 3.38. The van der Waals surface area contributed by atoms with Crippen LogP contribution in [-0.4, -0.2) is 37.6 Å². The molecule has 38 heavy (non-hydrogen) atoms. The van der Waals surface area contributed by atoms with Gasteiger partial charge in [-0.15, -0.1) is 10.2 Å². The number of aromatic nitrogens is 4. The first kappa shape index (κ1) is 25.4. The van der Waals surface area contributed by atoms with Gasteiger partial charge in [0, 0.05) is 28.1 Å². The molecular formula is C28H21BrN6O2S. The smallest absolute Gasteiger partial charge is 0.250 e. The average molecular weight is 585 g/mol. The molecule has 1 N–H and O–H groups in total. The number of amides is 1. The van der Waals surface area contributed by atoms with Crippen molar-refractivity contribution < 1.29 is 9.53 Å². The van der Waals surface area contributed by atoms with E-state index >= 15 is 0 Å². The highest BCUT2D eigenvalue weighted by atomic mass is 79.9. The van der Waals surface area contributed by atoms with Gasteiger partial charge in [0.15, 0.2) is 11.0 Å². The number of pyridine rings is 1. The molecule has 0 aliphatic heterocycles. The standard InChI is InChI=1S/C28H21BrN6O2S/c29-22-9-11-23(12-10-22)35-27(21-13-15-30-16-14-21)33-34-28(35)38-19-26(36)32-31-18-20-5-4-8-25(17-20)37-24-6-2-1-3-7-24/h1-18H,19H2,(H,32,36). The molecule has 0 atom stereocenters. The van der Waals surface area contributed by atoms with Gasteiger partial charge in [-0.2, -0.15) is 5.10 Å². The van der Waals surface area contributed by atoms with E-state index in [4.69, 9.17) is 4.74 Å². The minimum atomic E-state index is -0.265. The zero-order valence-corrected chi connectivity index (χ0v) is 22.3. The zero-order chi connectivity index (χ0) is 26.2. The largest absolute Gasteiger partial charge is 0.457 e. The summed E-state index contributed by atoms with van der Waals surface area (Å²) in [6.07, 6.45) is 4.99. The van der Waals surface area contributed by atoms with Crippen LogP contribution in [0.4, 0.5) is 0 Å². The third kappa shape index (κ3) is 6.53. The summed E-state index contributed by atoms with van der Waals surface area (Å²) in [7, 11) is 0. The van der Waals surface area contributed by atoms with Crippen molar-refractivity contribution in [2.75, 3.05) is 5.75 Å². The van der Waals surface area contributed by atoms with Crippen molar-refractivity contribution in [2.24, 2.45) is 5.10 Å². The highest BCUT2D eigenvalue weighted by Crippen LogP contribution is 2.28. The molecule has 0 fully saturated rings. The van der Waals surface area contributed by atoms with Crippen LogP contribution in [0.1, 0.15) is 5.56 Å². The molecule has 5 aromatic rings. The monoisotopic (exact) mass is 584 g/mol. The molecule has 188 valence electrons. The first-order valence-corrected chi connectivity index (χ1v) is 13.3. The predicted molar refractivity (Wildman–Crippen MR) is 152 cm³/mol.